The van der Waals surface area contributed by atoms with Crippen molar-refractivity contribution in [3.05, 3.63) is 246 Å². The Balaban J connectivity index is 0.000000151. The average Bonchev–Trinajstić information content (AvgIpc) is 1.60. The van der Waals surface area contributed by atoms with Gasteiger partial charge in [-0.1, -0.05) is 72.3 Å². The van der Waals surface area contributed by atoms with Gasteiger partial charge in [0.05, 0.1) is 83.5 Å². The van der Waals surface area contributed by atoms with Crippen molar-refractivity contribution in [2.75, 3.05) is 65.9 Å². The highest BCUT2D eigenvalue weighted by Gasteiger charge is 2.58. The van der Waals surface area contributed by atoms with Gasteiger partial charge in [-0.3, -0.25) is 107 Å². The number of nitrogens with zero attached hydrogens (tertiary/aromatic N) is 4. The van der Waals surface area contributed by atoms with Crippen LogP contribution in [0, 0.1) is 30.7 Å². The molecular formula is C74H85ClF2N8O32P4S4. The first-order valence-electron chi connectivity index (χ1n) is 41.2. The molecule has 125 heavy (non-hydrogen) atoms. The van der Waals surface area contributed by atoms with Crippen LogP contribution in [-0.2, 0) is 93.6 Å². The van der Waals surface area contributed by atoms with Gasteiger partial charge in [0.25, 0.3) is 22.2 Å². The first kappa shape index (κ1) is 85.0. The number of rotatable bonds is 19. The molecule has 0 aliphatic carbocycles. The molecule has 0 radical (unpaired) electrons. The van der Waals surface area contributed by atoms with Gasteiger partial charge in [-0.15, -0.1) is 0 Å². The molecule has 8 aromatic rings. The Kier molecular flexibility index (Phi) is 26.6. The minimum absolute atomic E-state index is 0.0294. The molecule has 51 heteroatoms. The summed E-state index contributed by atoms with van der Waals surface area (Å²) in [5.41, 5.74) is -7.78. The number of fused-ring (bicyclic) bond motifs is 1. The highest BCUT2D eigenvalue weighted by Crippen LogP contribution is 2.59. The predicted molar refractivity (Wildman–Crippen MR) is 440 cm³/mol. The normalized spacial score (nSPS) is 36.2. The van der Waals surface area contributed by atoms with Crippen LogP contribution < -0.4 is 26.8 Å². The molecule has 0 saturated carbocycles. The molecule has 8 aliphatic rings. The summed E-state index contributed by atoms with van der Waals surface area (Å²) in [7, 11) is -17.7. The Morgan fingerprint density at radius 2 is 0.728 bits per heavy atom. The Morgan fingerprint density at radius 3 is 1.06 bits per heavy atom. The number of aromatic nitrogens is 8. The minimum Gasteiger partial charge on any atom is -0.404 e. The van der Waals surface area contributed by atoms with E-state index in [9.17, 15) is 87.1 Å². The van der Waals surface area contributed by atoms with Gasteiger partial charge >= 0.3 is 31.3 Å². The maximum atomic E-state index is 13.5. The average molecular weight is 1930 g/mol. The molecule has 0 amide bonds. The van der Waals surface area contributed by atoms with Gasteiger partial charge in [-0.25, -0.2) is 27.0 Å². The second-order valence-corrected chi connectivity index (χ2v) is 37.8. The zero-order valence-electron chi connectivity index (χ0n) is 73.2. The van der Waals surface area contributed by atoms with Crippen LogP contribution in [0.25, 0.3) is 0 Å². The number of phosphoric acid groups is 4. The smallest absolute Gasteiger partial charge is 0.404 e. The number of ether oxygens (including phenoxy) is 4. The predicted octanol–water partition coefficient (Wildman–Crippen LogP) is 8.19. The quantitative estimate of drug-likeness (QED) is 0.0268. The first-order chi connectivity index (χ1) is 61.9. The number of para-hydroxylation sites is 1. The van der Waals surface area contributed by atoms with E-state index in [1.165, 1.54) is 51.6 Å². The Morgan fingerprint density at radius 1 is 0.424 bits per heavy atom. The number of hydrogen-bond acceptors (Lipinski definition) is 36. The van der Waals surface area contributed by atoms with E-state index in [1.54, 1.807) is 42.5 Å². The second-order valence-electron chi connectivity index (χ2n) is 29.5. The van der Waals surface area contributed by atoms with Crippen LogP contribution in [0.5, 0.6) is 5.75 Å². The summed E-state index contributed by atoms with van der Waals surface area (Å²) in [5, 5.41) is 86.4. The van der Waals surface area contributed by atoms with E-state index < -0.39 is 193 Å². The van der Waals surface area contributed by atoms with Crippen LogP contribution in [0.3, 0.4) is 0 Å². The third kappa shape index (κ3) is 22.1. The third-order valence-electron chi connectivity index (χ3n) is 20.3. The van der Waals surface area contributed by atoms with Gasteiger partial charge in [0.1, 0.15) is 88.6 Å². The maximum Gasteiger partial charge on any atom is 0.530 e. The van der Waals surface area contributed by atoms with Gasteiger partial charge in [-0.2, -0.15) is 0 Å². The molecule has 12 heterocycles. The topological polar surface area (TPSA) is 529 Å². The number of benzene rings is 4. The molecule has 40 nitrogen and oxygen atoms in total. The van der Waals surface area contributed by atoms with Gasteiger partial charge in [0, 0.05) is 83.5 Å². The van der Waals surface area contributed by atoms with Crippen molar-refractivity contribution in [3.8, 4) is 5.75 Å². The lowest BCUT2D eigenvalue weighted by atomic mass is 9.96. The largest absolute Gasteiger partial charge is 0.530 e. The lowest BCUT2D eigenvalue weighted by molar-refractivity contribution is -0.0981. The van der Waals surface area contributed by atoms with Crippen LogP contribution in [0.2, 0.25) is 5.02 Å². The van der Waals surface area contributed by atoms with Crippen molar-refractivity contribution in [1.29, 1.82) is 0 Å². The molecule has 0 spiro atoms. The number of aliphatic hydroxyl groups excluding tert-OH is 4. The van der Waals surface area contributed by atoms with Crippen molar-refractivity contribution >= 4 is 91.8 Å². The van der Waals surface area contributed by atoms with Crippen LogP contribution in [0.15, 0.2) is 165 Å². The van der Waals surface area contributed by atoms with E-state index in [4.69, 9.17) is 145 Å². The van der Waals surface area contributed by atoms with Crippen molar-refractivity contribution in [1.82, 2.24) is 38.2 Å². The Hall–Kier alpha value is -6.77. The van der Waals surface area contributed by atoms with Gasteiger partial charge in [0.15, 0.2) is 44.0 Å². The summed E-state index contributed by atoms with van der Waals surface area (Å²) in [6.45, 7) is -8.05. The van der Waals surface area contributed by atoms with Crippen LogP contribution >= 0.6 is 91.8 Å². The van der Waals surface area contributed by atoms with Gasteiger partial charge < -0.3 is 64.3 Å². The molecule has 5 unspecified atom stereocenters. The van der Waals surface area contributed by atoms with E-state index in [0.29, 0.717) is 16.7 Å². The number of aliphatic hydroxyl groups is 8. The Bertz CT molecular complexity index is 6320. The Labute approximate surface area is 743 Å². The SMILES string of the molecule is [2H]C([2H])(OP1(=O)OCC(c2cc(F)cc(F)c2)CO1)[C@H]1O[C@@H](n2ccc(=O)[nH]c2=S)C(C)(O)[C@H]1O.[2H]C([2H])(OP1(=O)OCC(c2cccc(Cl)c2)CO1)[C@H]1O[C@@H](n2ccc(=O)[nH]c2=S)C(C)(O)[C@H]1O.[2H]C([2H])(OP1(=O)OCC(c2ccccc2)CO1)[C@H]1O[C@@H](n2ccc(=O)[nH]c2=S)C(C)(O)[C@H]1O.[2H]C([2H])(OP1(=O)OCc2ccccc2O1)[C@H]1O[C@@H](n2ccc(=O)[nH]c2=S)C(C)(O)[C@H]1O. The molecule has 7 fully saturated rings. The number of hydrogen-bond donors (Lipinski definition) is 12. The number of aromatic amines is 4. The van der Waals surface area contributed by atoms with Crippen LogP contribution in [-0.4, -0.2) is 216 Å². The van der Waals surface area contributed by atoms with E-state index in [0.717, 1.165) is 72.7 Å². The van der Waals surface area contributed by atoms with Crippen molar-refractivity contribution < 1.29 is 152 Å². The number of H-pyrrole nitrogens is 4. The van der Waals surface area contributed by atoms with Crippen LogP contribution in [0.4, 0.5) is 8.78 Å². The fraction of sp³-hybridized carbons (Fsp3) is 0.459. The summed E-state index contributed by atoms with van der Waals surface area (Å²) in [5.74, 6) is -2.67. The number of nitrogens with one attached hydrogen (secondary N) is 4. The van der Waals surface area contributed by atoms with Crippen molar-refractivity contribution in [2.45, 2.75) is 148 Å². The van der Waals surface area contributed by atoms with Gasteiger partial charge in [-0.05, 0) is 124 Å². The second kappa shape index (κ2) is 39.1. The molecule has 678 valence electrons. The molecule has 4 aromatic heterocycles. The highest BCUT2D eigenvalue weighted by atomic mass is 35.5. The molecule has 17 atom stereocenters. The number of phosphoric ester groups is 4. The van der Waals surface area contributed by atoms with E-state index >= 15 is 0 Å². The monoisotopic (exact) mass is 1930 g/mol. The van der Waals surface area contributed by atoms with Crippen molar-refractivity contribution in [3.63, 3.8) is 0 Å². The molecule has 12 N–H and O–H groups in total. The fourth-order valence-corrected chi connectivity index (χ4v) is 19.0. The first-order valence-corrected chi connectivity index (χ1v) is 45.0. The third-order valence-corrected chi connectivity index (χ3v) is 26.8. The molecule has 4 aromatic carbocycles. The molecular weight excluding hydrogens is 1840 g/mol. The summed E-state index contributed by atoms with van der Waals surface area (Å²) in [6.07, 6.45) is -15.4. The maximum absolute atomic E-state index is 13.5. The molecule has 8 aliphatic heterocycles. The zero-order chi connectivity index (χ0) is 97.3. The molecule has 0 bridgehead atoms. The minimum atomic E-state index is -4.56. The van der Waals surface area contributed by atoms with Gasteiger partial charge in [0.2, 0.25) is 0 Å². The summed E-state index contributed by atoms with van der Waals surface area (Å²) in [4.78, 5) is 55.1. The standard InChI is InChI=1S/C19H22ClN2O8PS.C19H21F2N2O8PS.C19H23N2O8PS.C17H19N2O8PS/c1-19(25)16(24)14(30-17(19)22-6-5-15(23)21-18(22)32)10-29-31(26)27-8-12(9-28-31)11-3-2-4-13(20)7-11;1-19(26)16(25)14(31-17(19)23-3-2-15(24)22-18(23)33)9-30-32(27)28-7-11(8-29-32)10-4-12(20)6-13(21)5-10;1-19(24)16(23)14(29-17(19)21-8-7-15(22)20-18(21)31)11-28-30(25)26-9-13(10-27-30)12-5-3-2-4-6-12;1-17(22)14(21)12(26-15(17)19-7-6-13(20)18-16(19)29)9-25-28(23)24-8-10-4-2-3-5-11(10)27-28/h2-7,12,14,16-17,24-25H,8-10H2,1H3,(H,21,23,32);2-6,11,14,16-17,25-26H,7-9H2,1H3,(H,22,24,33);2-8,13-14,16-17,23-24H,9-11H2,1H3,(H,20,22,31);2-7,12,14-15,21-22H,8-9H2,1H3,(H,18,20,29)/t12?,14-,16+,17-,19?,31?;11?,14-,16+,17-,19?,32?;13?,14-,16+,17-,19?,30?;12-,14+,15-,17?,28?/m1111/s1/i10D2;9D2;11D2;9D2. The molecule has 7 saturated heterocycles. The van der Waals surface area contributed by atoms with Crippen LogP contribution in [0.1, 0.15) is 104 Å². The van der Waals surface area contributed by atoms with E-state index in [-0.39, 0.29) is 88.5 Å². The lowest BCUT2D eigenvalue weighted by Gasteiger charge is -2.29. The molecule has 16 rings (SSSR count). The zero-order valence-corrected chi connectivity index (χ0v) is 72.8. The van der Waals surface area contributed by atoms with Crippen molar-refractivity contribution in [2.24, 2.45) is 0 Å². The van der Waals surface area contributed by atoms with E-state index in [1.807, 2.05) is 30.3 Å². The summed E-state index contributed by atoms with van der Waals surface area (Å²) >= 11 is 26.2. The van der Waals surface area contributed by atoms with E-state index in [2.05, 4.69) is 19.9 Å². The highest BCUT2D eigenvalue weighted by molar-refractivity contribution is 7.71. The summed E-state index contributed by atoms with van der Waals surface area (Å²) in [6, 6.07) is 30.1. The number of halogens is 3. The summed E-state index contributed by atoms with van der Waals surface area (Å²) < 4.78 is 233. The lowest BCUT2D eigenvalue weighted by Crippen LogP contribution is -2.44. The fourth-order valence-electron chi connectivity index (χ4n) is 13.3.